The Bertz CT molecular complexity index is 1210. The van der Waals surface area contributed by atoms with Gasteiger partial charge in [0.25, 0.3) is 5.91 Å². The van der Waals surface area contributed by atoms with Gasteiger partial charge in [-0.2, -0.15) is 0 Å². The first-order valence-electron chi connectivity index (χ1n) is 9.25. The van der Waals surface area contributed by atoms with Gasteiger partial charge in [0, 0.05) is 24.8 Å². The van der Waals surface area contributed by atoms with E-state index in [4.69, 9.17) is 0 Å². The van der Waals surface area contributed by atoms with Gasteiger partial charge in [0.15, 0.2) is 5.65 Å². The number of fused-ring (bicyclic) bond motifs is 1. The maximum Gasteiger partial charge on any atom is 0.330 e. The zero-order valence-corrected chi connectivity index (χ0v) is 15.6. The number of benzene rings is 2. The molecule has 1 N–H and O–H groups in total. The number of carbonyl (C=O) groups is 1. The van der Waals surface area contributed by atoms with Crippen LogP contribution in [0.3, 0.4) is 0 Å². The monoisotopic (exact) mass is 390 g/mol. The van der Waals surface area contributed by atoms with Gasteiger partial charge in [0.1, 0.15) is 5.82 Å². The predicted octanol–water partition coefficient (Wildman–Crippen LogP) is 2.82. The minimum absolute atomic E-state index is 0.192. The highest BCUT2D eigenvalue weighted by Crippen LogP contribution is 2.12. The fourth-order valence-electron chi connectivity index (χ4n) is 3.28. The second-order valence-corrected chi connectivity index (χ2v) is 6.62. The largest absolute Gasteiger partial charge is 0.350 e. The SMILES string of the molecule is O=C(NCCn1c(=O)n(Cc2ccccc2)c2cccnc21)c1cccc(F)c1. The summed E-state index contributed by atoms with van der Waals surface area (Å²) in [7, 11) is 0. The van der Waals surface area contributed by atoms with Gasteiger partial charge >= 0.3 is 5.69 Å². The lowest BCUT2D eigenvalue weighted by Crippen LogP contribution is -2.32. The topological polar surface area (TPSA) is 68.9 Å². The van der Waals surface area contributed by atoms with Crippen molar-refractivity contribution in [3.63, 3.8) is 0 Å². The molecule has 0 fully saturated rings. The maximum absolute atomic E-state index is 13.3. The van der Waals surface area contributed by atoms with Gasteiger partial charge in [-0.15, -0.1) is 0 Å². The van der Waals surface area contributed by atoms with Crippen LogP contribution in [0.1, 0.15) is 15.9 Å². The lowest BCUT2D eigenvalue weighted by Gasteiger charge is -2.06. The first-order valence-corrected chi connectivity index (χ1v) is 9.25. The molecule has 2 heterocycles. The summed E-state index contributed by atoms with van der Waals surface area (Å²) < 4.78 is 16.5. The molecule has 0 atom stereocenters. The summed E-state index contributed by atoms with van der Waals surface area (Å²) in [6.07, 6.45) is 1.64. The molecule has 2 aromatic carbocycles. The van der Waals surface area contributed by atoms with Crippen LogP contribution in [0.4, 0.5) is 4.39 Å². The van der Waals surface area contributed by atoms with Crippen molar-refractivity contribution in [1.82, 2.24) is 19.4 Å². The zero-order chi connectivity index (χ0) is 20.2. The highest BCUT2D eigenvalue weighted by atomic mass is 19.1. The van der Waals surface area contributed by atoms with Crippen molar-refractivity contribution in [2.75, 3.05) is 6.54 Å². The summed E-state index contributed by atoms with van der Waals surface area (Å²) in [5, 5.41) is 2.72. The summed E-state index contributed by atoms with van der Waals surface area (Å²) in [5.41, 5.74) is 2.35. The van der Waals surface area contributed by atoms with Crippen LogP contribution < -0.4 is 11.0 Å². The lowest BCUT2D eigenvalue weighted by atomic mass is 10.2. The fourth-order valence-corrected chi connectivity index (χ4v) is 3.28. The molecule has 0 aliphatic rings. The molecule has 29 heavy (non-hydrogen) atoms. The molecule has 0 aliphatic carbocycles. The van der Waals surface area contributed by atoms with Crippen LogP contribution in [0, 0.1) is 5.82 Å². The van der Waals surface area contributed by atoms with Crippen molar-refractivity contribution in [3.8, 4) is 0 Å². The Labute approximate surface area is 166 Å². The Morgan fingerprint density at radius 2 is 1.83 bits per heavy atom. The van der Waals surface area contributed by atoms with Crippen LogP contribution in [-0.2, 0) is 13.1 Å². The molecule has 0 radical (unpaired) electrons. The van der Waals surface area contributed by atoms with Crippen LogP contribution in [0.25, 0.3) is 11.2 Å². The smallest absolute Gasteiger partial charge is 0.330 e. The van der Waals surface area contributed by atoms with Crippen LogP contribution in [-0.4, -0.2) is 26.6 Å². The number of halogens is 1. The molecule has 0 saturated heterocycles. The predicted molar refractivity (Wildman–Crippen MR) is 108 cm³/mol. The average molecular weight is 390 g/mol. The normalized spacial score (nSPS) is 10.9. The molecular weight excluding hydrogens is 371 g/mol. The highest BCUT2D eigenvalue weighted by Gasteiger charge is 2.14. The van der Waals surface area contributed by atoms with E-state index in [1.54, 1.807) is 21.4 Å². The van der Waals surface area contributed by atoms with E-state index in [1.807, 2.05) is 36.4 Å². The first kappa shape index (κ1) is 18.6. The van der Waals surface area contributed by atoms with Gasteiger partial charge in [-0.1, -0.05) is 36.4 Å². The number of hydrogen-bond acceptors (Lipinski definition) is 3. The summed E-state index contributed by atoms with van der Waals surface area (Å²) in [6, 6.07) is 18.8. The molecule has 7 heteroatoms. The molecule has 6 nitrogen and oxygen atoms in total. The van der Waals surface area contributed by atoms with Crippen LogP contribution in [0.15, 0.2) is 77.7 Å². The number of rotatable bonds is 6. The molecule has 4 rings (SSSR count). The van der Waals surface area contributed by atoms with E-state index in [0.717, 1.165) is 11.1 Å². The summed E-state index contributed by atoms with van der Waals surface area (Å²) in [4.78, 5) is 29.6. The van der Waals surface area contributed by atoms with Crippen molar-refractivity contribution >= 4 is 17.1 Å². The van der Waals surface area contributed by atoms with E-state index in [0.29, 0.717) is 12.2 Å². The Kier molecular flexibility index (Phi) is 5.20. The van der Waals surface area contributed by atoms with Gasteiger partial charge in [-0.25, -0.2) is 14.2 Å². The first-order chi connectivity index (χ1) is 14.1. The minimum Gasteiger partial charge on any atom is -0.350 e. The van der Waals surface area contributed by atoms with Gasteiger partial charge in [-0.3, -0.25) is 13.9 Å². The summed E-state index contributed by atoms with van der Waals surface area (Å²) in [6.45, 7) is 0.913. The van der Waals surface area contributed by atoms with Crippen LogP contribution in [0.2, 0.25) is 0 Å². The van der Waals surface area contributed by atoms with Gasteiger partial charge in [0.05, 0.1) is 12.1 Å². The second-order valence-electron chi connectivity index (χ2n) is 6.62. The third kappa shape index (κ3) is 3.94. The van der Waals surface area contributed by atoms with Crippen molar-refractivity contribution < 1.29 is 9.18 Å². The summed E-state index contributed by atoms with van der Waals surface area (Å²) in [5.74, 6) is -0.861. The third-order valence-corrected chi connectivity index (χ3v) is 4.67. The molecule has 4 aromatic rings. The fraction of sp³-hybridized carbons (Fsp3) is 0.136. The Morgan fingerprint density at radius 3 is 2.62 bits per heavy atom. The Balaban J connectivity index is 1.55. The van der Waals surface area contributed by atoms with Crippen molar-refractivity contribution in [2.24, 2.45) is 0 Å². The number of imidazole rings is 1. The van der Waals surface area contributed by atoms with E-state index in [-0.39, 0.29) is 24.3 Å². The number of hydrogen-bond donors (Lipinski definition) is 1. The van der Waals surface area contributed by atoms with Crippen molar-refractivity contribution in [2.45, 2.75) is 13.1 Å². The quantitative estimate of drug-likeness (QED) is 0.550. The van der Waals surface area contributed by atoms with E-state index >= 15 is 0 Å². The third-order valence-electron chi connectivity index (χ3n) is 4.67. The number of nitrogens with one attached hydrogen (secondary N) is 1. The van der Waals surface area contributed by atoms with E-state index in [1.165, 1.54) is 24.3 Å². The van der Waals surface area contributed by atoms with E-state index in [2.05, 4.69) is 10.3 Å². The molecule has 146 valence electrons. The molecule has 0 saturated carbocycles. The van der Waals surface area contributed by atoms with Gasteiger partial charge < -0.3 is 5.32 Å². The molecular formula is C22H19FN4O2. The number of pyridine rings is 1. The maximum atomic E-state index is 13.3. The molecule has 0 unspecified atom stereocenters. The van der Waals surface area contributed by atoms with Gasteiger partial charge in [-0.05, 0) is 35.9 Å². The second kappa shape index (κ2) is 8.10. The van der Waals surface area contributed by atoms with Crippen molar-refractivity contribution in [1.29, 1.82) is 0 Å². The number of amides is 1. The number of nitrogens with zero attached hydrogens (tertiary/aromatic N) is 3. The zero-order valence-electron chi connectivity index (χ0n) is 15.6. The van der Waals surface area contributed by atoms with Crippen LogP contribution >= 0.6 is 0 Å². The van der Waals surface area contributed by atoms with E-state index < -0.39 is 11.7 Å². The minimum atomic E-state index is -0.470. The Hall–Kier alpha value is -3.74. The van der Waals surface area contributed by atoms with E-state index in [9.17, 15) is 14.0 Å². The lowest BCUT2D eigenvalue weighted by molar-refractivity contribution is 0.0952. The van der Waals surface area contributed by atoms with Gasteiger partial charge in [0.2, 0.25) is 0 Å². The molecule has 2 aromatic heterocycles. The average Bonchev–Trinajstić information content (AvgIpc) is 3.00. The summed E-state index contributed by atoms with van der Waals surface area (Å²) >= 11 is 0. The van der Waals surface area contributed by atoms with Crippen LogP contribution in [0.5, 0.6) is 0 Å². The number of carbonyl (C=O) groups excluding carboxylic acids is 1. The molecule has 0 spiro atoms. The molecule has 0 aliphatic heterocycles. The number of aromatic nitrogens is 3. The molecule has 1 amide bonds. The standard InChI is InChI=1S/C22H19FN4O2/c23-18-9-4-8-17(14-18)21(28)25-12-13-26-20-19(10-5-11-24-20)27(22(26)29)15-16-6-2-1-3-7-16/h1-11,14H,12-13,15H2,(H,25,28). The highest BCUT2D eigenvalue weighted by molar-refractivity contribution is 5.94. The van der Waals surface area contributed by atoms with Crippen molar-refractivity contribution in [3.05, 3.63) is 100 Å². The Morgan fingerprint density at radius 1 is 1.00 bits per heavy atom. The molecule has 0 bridgehead atoms.